The van der Waals surface area contributed by atoms with Crippen LogP contribution in [0.4, 0.5) is 0 Å². The highest BCUT2D eigenvalue weighted by atomic mass is 79.9. The van der Waals surface area contributed by atoms with Gasteiger partial charge in [0, 0.05) is 24.0 Å². The van der Waals surface area contributed by atoms with Crippen molar-refractivity contribution in [2.45, 2.75) is 25.8 Å². The van der Waals surface area contributed by atoms with E-state index in [4.69, 9.17) is 0 Å². The molecule has 0 aromatic heterocycles. The zero-order chi connectivity index (χ0) is 14.2. The van der Waals surface area contributed by atoms with Gasteiger partial charge in [0.1, 0.15) is 0 Å². The Hall–Kier alpha value is -0.580. The highest BCUT2D eigenvalue weighted by Crippen LogP contribution is 2.59. The van der Waals surface area contributed by atoms with E-state index in [0.717, 1.165) is 36.8 Å². The van der Waals surface area contributed by atoms with Crippen LogP contribution in [0.1, 0.15) is 24.8 Å². The van der Waals surface area contributed by atoms with Gasteiger partial charge in [-0.25, -0.2) is 0 Å². The van der Waals surface area contributed by atoms with Crippen LogP contribution in [0.25, 0.3) is 0 Å². The van der Waals surface area contributed by atoms with Crippen molar-refractivity contribution >= 4 is 34.2 Å². The fourth-order valence-electron chi connectivity index (χ4n) is 3.38. The molecule has 3 nitrogen and oxygen atoms in total. The number of carbonyl (C=O) groups is 1. The van der Waals surface area contributed by atoms with Crippen molar-refractivity contribution in [2.24, 2.45) is 11.3 Å². The van der Waals surface area contributed by atoms with Gasteiger partial charge in [0.15, 0.2) is 0 Å². The maximum atomic E-state index is 12.5. The van der Waals surface area contributed by atoms with Gasteiger partial charge in [0.05, 0.1) is 0 Å². The van der Waals surface area contributed by atoms with Crippen molar-refractivity contribution in [2.75, 3.05) is 20.1 Å². The molecule has 1 aliphatic carbocycles. The summed E-state index contributed by atoms with van der Waals surface area (Å²) in [5.41, 5.74) is 1.51. The topological polar surface area (TPSA) is 32.3 Å². The first kappa shape index (κ1) is 16.8. The summed E-state index contributed by atoms with van der Waals surface area (Å²) in [7, 11) is 1.93. The zero-order valence-electron chi connectivity index (χ0n) is 12.3. The zero-order valence-corrected chi connectivity index (χ0v) is 14.7. The predicted molar refractivity (Wildman–Crippen MR) is 90.5 cm³/mol. The Labute approximate surface area is 141 Å². The van der Waals surface area contributed by atoms with Gasteiger partial charge >= 0.3 is 0 Å². The second-order valence-corrected chi connectivity index (χ2v) is 7.11. The quantitative estimate of drug-likeness (QED) is 0.882. The van der Waals surface area contributed by atoms with Crippen molar-refractivity contribution in [3.63, 3.8) is 0 Å². The fraction of sp³-hybridized carbons (Fsp3) is 0.562. The molecule has 116 valence electrons. The minimum atomic E-state index is 0. The van der Waals surface area contributed by atoms with Crippen LogP contribution >= 0.6 is 28.3 Å². The molecule has 1 spiro atoms. The number of hydrogen-bond acceptors (Lipinski definition) is 2. The van der Waals surface area contributed by atoms with Gasteiger partial charge in [-0.2, -0.15) is 0 Å². The maximum absolute atomic E-state index is 12.5. The number of nitrogens with one attached hydrogen (secondary N) is 1. The molecule has 1 aromatic rings. The first-order valence-corrected chi connectivity index (χ1v) is 8.10. The molecule has 2 aliphatic rings. The van der Waals surface area contributed by atoms with Crippen molar-refractivity contribution in [1.82, 2.24) is 10.2 Å². The molecule has 3 rings (SSSR count). The fourth-order valence-corrected chi connectivity index (χ4v) is 3.65. The Balaban J connectivity index is 0.00000161. The molecular formula is C16H22BrClN2O. The van der Waals surface area contributed by atoms with Crippen LogP contribution in [0, 0.1) is 11.3 Å². The molecule has 1 amide bonds. The molecule has 1 saturated heterocycles. The summed E-state index contributed by atoms with van der Waals surface area (Å²) in [5, 5.41) is 3.38. The largest absolute Gasteiger partial charge is 0.341 e. The highest BCUT2D eigenvalue weighted by molar-refractivity contribution is 9.10. The van der Waals surface area contributed by atoms with Gasteiger partial charge in [0.25, 0.3) is 0 Å². The van der Waals surface area contributed by atoms with Crippen LogP contribution in [0.2, 0.25) is 0 Å². The average Bonchev–Trinajstić information content (AvgIpc) is 3.14. The van der Waals surface area contributed by atoms with E-state index in [9.17, 15) is 4.79 Å². The number of rotatable bonds is 3. The van der Waals surface area contributed by atoms with E-state index in [1.165, 1.54) is 5.56 Å². The number of piperidine rings is 1. The molecule has 5 heteroatoms. The van der Waals surface area contributed by atoms with Crippen LogP contribution < -0.4 is 5.32 Å². The number of benzene rings is 1. The Morgan fingerprint density at radius 2 is 1.95 bits per heavy atom. The monoisotopic (exact) mass is 372 g/mol. The van der Waals surface area contributed by atoms with E-state index in [1.54, 1.807) is 0 Å². The molecule has 0 bridgehead atoms. The van der Waals surface area contributed by atoms with Crippen molar-refractivity contribution < 1.29 is 4.79 Å². The summed E-state index contributed by atoms with van der Waals surface area (Å²) in [6.45, 7) is 2.84. The molecule has 0 radical (unpaired) electrons. The predicted octanol–water partition coefficient (Wildman–Crippen LogP) is 3.22. The summed E-state index contributed by atoms with van der Waals surface area (Å²) in [6.07, 6.45) is 3.42. The first-order valence-electron chi connectivity index (χ1n) is 7.31. The number of amides is 1. The van der Waals surface area contributed by atoms with Crippen LogP contribution in [0.5, 0.6) is 0 Å². The molecule has 1 unspecified atom stereocenters. The Bertz CT molecular complexity index is 500. The number of hydrogen-bond donors (Lipinski definition) is 1. The van der Waals surface area contributed by atoms with Gasteiger partial charge in [0.2, 0.25) is 5.91 Å². The van der Waals surface area contributed by atoms with Crippen LogP contribution in [0.3, 0.4) is 0 Å². The van der Waals surface area contributed by atoms with Gasteiger partial charge in [-0.15, -0.1) is 12.4 Å². The summed E-state index contributed by atoms with van der Waals surface area (Å²) >= 11 is 3.44. The number of carbonyl (C=O) groups excluding carboxylic acids is 1. The molecule has 21 heavy (non-hydrogen) atoms. The first-order chi connectivity index (χ1) is 9.61. The second-order valence-electron chi connectivity index (χ2n) is 6.19. The van der Waals surface area contributed by atoms with Gasteiger partial charge < -0.3 is 10.2 Å². The molecular weight excluding hydrogens is 352 g/mol. The SMILES string of the molecule is CN(Cc1ccc(Br)cc1)C(=O)C1CC12CCNCC2.Cl. The smallest absolute Gasteiger partial charge is 0.226 e. The van der Waals surface area contributed by atoms with Gasteiger partial charge in [-0.3, -0.25) is 4.79 Å². The molecule has 1 N–H and O–H groups in total. The van der Waals surface area contributed by atoms with Gasteiger partial charge in [-0.1, -0.05) is 28.1 Å². The Morgan fingerprint density at radius 1 is 1.33 bits per heavy atom. The van der Waals surface area contributed by atoms with E-state index in [1.807, 2.05) is 24.1 Å². The van der Waals surface area contributed by atoms with Crippen LogP contribution in [-0.4, -0.2) is 30.9 Å². The van der Waals surface area contributed by atoms with E-state index in [2.05, 4.69) is 33.4 Å². The van der Waals surface area contributed by atoms with Crippen molar-refractivity contribution in [1.29, 1.82) is 0 Å². The Kier molecular flexibility index (Phi) is 5.33. The normalized spacial score (nSPS) is 22.5. The standard InChI is InChI=1S/C16H21BrN2O.ClH/c1-19(11-12-2-4-13(17)5-3-12)15(20)14-10-16(14)6-8-18-9-7-16;/h2-5,14,18H,6-11H2,1H3;1H. The van der Waals surface area contributed by atoms with Crippen LogP contribution in [0.15, 0.2) is 28.7 Å². The Morgan fingerprint density at radius 3 is 2.57 bits per heavy atom. The molecule has 1 heterocycles. The molecule has 1 atom stereocenters. The van der Waals surface area contributed by atoms with E-state index in [0.29, 0.717) is 17.9 Å². The lowest BCUT2D eigenvalue weighted by atomic mass is 9.91. The van der Waals surface area contributed by atoms with Crippen LogP contribution in [-0.2, 0) is 11.3 Å². The lowest BCUT2D eigenvalue weighted by Gasteiger charge is -2.25. The number of nitrogens with zero attached hydrogens (tertiary/aromatic N) is 1. The van der Waals surface area contributed by atoms with E-state index in [-0.39, 0.29) is 18.3 Å². The third kappa shape index (κ3) is 3.61. The van der Waals surface area contributed by atoms with Gasteiger partial charge in [-0.05, 0) is 55.5 Å². The lowest BCUT2D eigenvalue weighted by Crippen LogP contribution is -2.34. The third-order valence-corrected chi connectivity index (χ3v) is 5.33. The molecule has 1 saturated carbocycles. The molecule has 1 aliphatic heterocycles. The molecule has 2 fully saturated rings. The average molecular weight is 374 g/mol. The lowest BCUT2D eigenvalue weighted by molar-refractivity contribution is -0.132. The van der Waals surface area contributed by atoms with Crippen molar-refractivity contribution in [3.8, 4) is 0 Å². The third-order valence-electron chi connectivity index (χ3n) is 4.80. The molecule has 1 aromatic carbocycles. The van der Waals surface area contributed by atoms with Crippen molar-refractivity contribution in [3.05, 3.63) is 34.3 Å². The summed E-state index contributed by atoms with van der Waals surface area (Å²) in [5.74, 6) is 0.597. The summed E-state index contributed by atoms with van der Waals surface area (Å²) in [6, 6.07) is 8.19. The second kappa shape index (κ2) is 6.67. The summed E-state index contributed by atoms with van der Waals surface area (Å²) in [4.78, 5) is 14.4. The minimum Gasteiger partial charge on any atom is -0.341 e. The minimum absolute atomic E-state index is 0. The maximum Gasteiger partial charge on any atom is 0.226 e. The number of halogens is 2. The summed E-state index contributed by atoms with van der Waals surface area (Å²) < 4.78 is 1.08. The van der Waals surface area contributed by atoms with E-state index >= 15 is 0 Å². The highest BCUT2D eigenvalue weighted by Gasteiger charge is 2.58. The van der Waals surface area contributed by atoms with E-state index < -0.39 is 0 Å².